The number of hydrogen-bond acceptors (Lipinski definition) is 2. The molecule has 0 N–H and O–H groups in total. The van der Waals surface area contributed by atoms with Gasteiger partial charge in [-0.25, -0.2) is 0 Å². The third-order valence-corrected chi connectivity index (χ3v) is 22.7. The monoisotopic (exact) mass is 1370 g/mol. The lowest BCUT2D eigenvalue weighted by Gasteiger charge is -2.35. The fourth-order valence-corrected chi connectivity index (χ4v) is 17.9. The van der Waals surface area contributed by atoms with Gasteiger partial charge >= 0.3 is 0 Å². The van der Waals surface area contributed by atoms with Gasteiger partial charge in [-0.1, -0.05) is 317 Å². The predicted molar refractivity (Wildman–Crippen MR) is 455 cm³/mol. The van der Waals surface area contributed by atoms with Gasteiger partial charge in [0.15, 0.2) is 0 Å². The van der Waals surface area contributed by atoms with Crippen LogP contribution in [0.1, 0.15) is 89.0 Å². The van der Waals surface area contributed by atoms with Gasteiger partial charge in [0, 0.05) is 50.3 Å². The molecule has 0 atom stereocenters. The van der Waals surface area contributed by atoms with Crippen molar-refractivity contribution in [1.29, 1.82) is 0 Å². The van der Waals surface area contributed by atoms with E-state index >= 15 is 0 Å². The average Bonchev–Trinajstić information content (AvgIpc) is 1.54. The molecule has 0 aliphatic heterocycles. The highest BCUT2D eigenvalue weighted by atomic mass is 15.2. The van der Waals surface area contributed by atoms with Crippen LogP contribution in [0.25, 0.3) is 96.3 Å². The maximum atomic E-state index is 4.18. The standard InChI is InChI=1S/C104H79N3/c1-9-72-39-47-80(48-40-72)103(81-49-41-73(10-2)42-50-81)91-31-21-19-29-87(91)101-93(103)33-23-35-99(101)105(95-57-37-68(5)61-70(95)7)84-55-59-97-89(66-84)90-67-85(56-60-98(90)107(97)86-64-78(76-25-15-13-16-26-76)63-79(65-86)77-27-17-14-18-28-77)106(96-58-38-69(6)62-71(96)8)100-36-24-34-94-102(100)88-30-20-22-32-92(88)104(94,82-51-43-74(11-3)44-52-82)83-53-45-75(12-4)46-54-83/h9-67H,1-4H2,5-8H3. The lowest BCUT2D eigenvalue weighted by atomic mass is 9.67. The van der Waals surface area contributed by atoms with Crippen LogP contribution in [0.2, 0.25) is 0 Å². The second kappa shape index (κ2) is 26.4. The molecular formula is C104H79N3. The van der Waals surface area contributed by atoms with Gasteiger partial charge in [-0.05, 0) is 218 Å². The molecule has 107 heavy (non-hydrogen) atoms. The van der Waals surface area contributed by atoms with Crippen LogP contribution >= 0.6 is 0 Å². The molecule has 0 spiro atoms. The molecule has 2 aliphatic rings. The van der Waals surface area contributed by atoms with Crippen molar-refractivity contribution >= 4 is 80.2 Å². The summed E-state index contributed by atoms with van der Waals surface area (Å²) < 4.78 is 2.51. The van der Waals surface area contributed by atoms with E-state index in [1.165, 1.54) is 89.0 Å². The largest absolute Gasteiger partial charge is 0.310 e. The second-order valence-electron chi connectivity index (χ2n) is 28.8. The second-order valence-corrected chi connectivity index (χ2v) is 28.8. The van der Waals surface area contributed by atoms with Gasteiger partial charge in [0.25, 0.3) is 0 Å². The van der Waals surface area contributed by atoms with Gasteiger partial charge in [-0.3, -0.25) is 0 Å². The Bertz CT molecular complexity index is 5750. The minimum Gasteiger partial charge on any atom is -0.310 e. The average molecular weight is 1370 g/mol. The predicted octanol–water partition coefficient (Wildman–Crippen LogP) is 27.6. The van der Waals surface area contributed by atoms with Crippen molar-refractivity contribution in [3.63, 3.8) is 0 Å². The van der Waals surface area contributed by atoms with E-state index in [1.54, 1.807) is 0 Å². The Morgan fingerprint density at radius 2 is 0.626 bits per heavy atom. The quantitative estimate of drug-likeness (QED) is 0.0900. The Balaban J connectivity index is 0.926. The molecule has 0 saturated heterocycles. The Labute approximate surface area is 628 Å². The van der Waals surface area contributed by atoms with Gasteiger partial charge in [0.05, 0.1) is 33.2 Å². The molecule has 2 aliphatic carbocycles. The minimum atomic E-state index is -0.686. The lowest BCUT2D eigenvalue weighted by Crippen LogP contribution is -2.28. The first kappa shape index (κ1) is 65.7. The topological polar surface area (TPSA) is 11.4 Å². The van der Waals surface area contributed by atoms with Gasteiger partial charge in [0.1, 0.15) is 0 Å². The lowest BCUT2D eigenvalue weighted by molar-refractivity contribution is 0.768. The number of benzene rings is 15. The van der Waals surface area contributed by atoms with Crippen LogP contribution in [0.3, 0.4) is 0 Å². The van der Waals surface area contributed by atoms with Gasteiger partial charge in [-0.2, -0.15) is 0 Å². The summed E-state index contributed by atoms with van der Waals surface area (Å²) in [5, 5.41) is 2.23. The number of aromatic nitrogens is 1. The Hall–Kier alpha value is -13.3. The third-order valence-electron chi connectivity index (χ3n) is 22.7. The number of anilines is 6. The van der Waals surface area contributed by atoms with E-state index in [9.17, 15) is 0 Å². The molecule has 0 radical (unpaired) electrons. The summed E-state index contributed by atoms with van der Waals surface area (Å²) >= 11 is 0. The molecule has 0 saturated carbocycles. The van der Waals surface area contributed by atoms with E-state index in [0.717, 1.165) is 106 Å². The van der Waals surface area contributed by atoms with Crippen molar-refractivity contribution in [2.24, 2.45) is 0 Å². The number of nitrogens with zero attached hydrogens (tertiary/aromatic N) is 3. The van der Waals surface area contributed by atoms with Gasteiger partial charge in [0.2, 0.25) is 0 Å². The van der Waals surface area contributed by atoms with Crippen molar-refractivity contribution in [3.8, 4) is 50.2 Å². The summed E-state index contributed by atoms with van der Waals surface area (Å²) in [7, 11) is 0. The van der Waals surface area contributed by atoms with Gasteiger partial charge in [-0.15, -0.1) is 0 Å². The summed E-state index contributed by atoms with van der Waals surface area (Å²) in [5.41, 5.74) is 36.3. The molecule has 510 valence electrons. The van der Waals surface area contributed by atoms with Crippen LogP contribution in [0.5, 0.6) is 0 Å². The van der Waals surface area contributed by atoms with E-state index < -0.39 is 10.8 Å². The van der Waals surface area contributed by atoms with Crippen LogP contribution < -0.4 is 9.80 Å². The van der Waals surface area contributed by atoms with Crippen LogP contribution in [0.15, 0.2) is 360 Å². The third kappa shape index (κ3) is 10.6. The van der Waals surface area contributed by atoms with Crippen molar-refractivity contribution in [1.82, 2.24) is 4.57 Å². The van der Waals surface area contributed by atoms with E-state index in [1.807, 2.05) is 24.3 Å². The number of hydrogen-bond donors (Lipinski definition) is 0. The zero-order valence-electron chi connectivity index (χ0n) is 60.7. The van der Waals surface area contributed by atoms with Crippen molar-refractivity contribution < 1.29 is 0 Å². The van der Waals surface area contributed by atoms with Crippen molar-refractivity contribution in [2.75, 3.05) is 9.80 Å². The van der Waals surface area contributed by atoms with Crippen LogP contribution in [-0.2, 0) is 10.8 Å². The number of aryl methyl sites for hydroxylation is 4. The van der Waals surface area contributed by atoms with Crippen LogP contribution in [0.4, 0.5) is 34.1 Å². The van der Waals surface area contributed by atoms with Crippen molar-refractivity contribution in [2.45, 2.75) is 38.5 Å². The molecule has 15 aromatic carbocycles. The highest BCUT2D eigenvalue weighted by Gasteiger charge is 2.49. The highest BCUT2D eigenvalue weighted by Crippen LogP contribution is 2.62. The fourth-order valence-electron chi connectivity index (χ4n) is 17.9. The smallest absolute Gasteiger partial charge is 0.0714 e. The molecule has 0 fully saturated rings. The van der Waals surface area contributed by atoms with E-state index in [0.29, 0.717) is 0 Å². The molecule has 0 bridgehead atoms. The van der Waals surface area contributed by atoms with Gasteiger partial charge < -0.3 is 14.4 Å². The zero-order valence-corrected chi connectivity index (χ0v) is 60.7. The first-order chi connectivity index (χ1) is 52.5. The Morgan fingerprint density at radius 3 is 0.981 bits per heavy atom. The zero-order chi connectivity index (χ0) is 72.7. The summed E-state index contributed by atoms with van der Waals surface area (Å²) in [6.07, 6.45) is 7.72. The van der Waals surface area contributed by atoms with E-state index in [-0.39, 0.29) is 0 Å². The summed E-state index contributed by atoms with van der Waals surface area (Å²) in [5.74, 6) is 0. The SMILES string of the molecule is C=Cc1ccc(C2(c3ccc(C=C)cc3)c3ccccc3-c3c(N(c4ccc5c(c4)c4cc(N(c6ccc(C)cc6C)c6cccc7c6-c6ccccc6C7(c6ccc(C=C)cc6)c6ccc(C=C)cc6)ccc4n5-c4cc(-c5ccccc5)cc(-c5ccccc5)c4)c4ccc(C)cc4C)cccc32)cc1. The summed E-state index contributed by atoms with van der Waals surface area (Å²) in [6.45, 7) is 25.6. The maximum Gasteiger partial charge on any atom is 0.0714 e. The summed E-state index contributed by atoms with van der Waals surface area (Å²) in [6, 6.07) is 125. The molecule has 1 aromatic heterocycles. The normalized spacial score (nSPS) is 12.8. The van der Waals surface area contributed by atoms with E-state index in [2.05, 4.69) is 402 Å². The minimum absolute atomic E-state index is 0.686. The Morgan fingerprint density at radius 1 is 0.280 bits per heavy atom. The Kier molecular flexibility index (Phi) is 16.2. The van der Waals surface area contributed by atoms with Crippen molar-refractivity contribution in [3.05, 3.63) is 449 Å². The molecule has 0 amide bonds. The van der Waals surface area contributed by atoms with Crippen LogP contribution in [-0.4, -0.2) is 4.57 Å². The molecule has 16 aromatic rings. The maximum absolute atomic E-state index is 4.18. The van der Waals surface area contributed by atoms with E-state index in [4.69, 9.17) is 0 Å². The number of fused-ring (bicyclic) bond motifs is 9. The molecule has 3 nitrogen and oxygen atoms in total. The van der Waals surface area contributed by atoms with Crippen LogP contribution in [0, 0.1) is 27.7 Å². The molecule has 3 heteroatoms. The first-order valence-electron chi connectivity index (χ1n) is 37.0. The molecule has 1 heterocycles. The molecular weight excluding hydrogens is 1290 g/mol. The molecule has 18 rings (SSSR count). The summed E-state index contributed by atoms with van der Waals surface area (Å²) in [4.78, 5) is 5.10. The fraction of sp³-hybridized carbons (Fsp3) is 0.0577. The highest BCUT2D eigenvalue weighted by molar-refractivity contribution is 6.13. The molecule has 0 unspecified atom stereocenters. The number of rotatable bonds is 17. The first-order valence-corrected chi connectivity index (χ1v) is 37.0.